The molecule has 0 aliphatic rings. The number of hydrogen-bond donors (Lipinski definition) is 0. The van der Waals surface area contributed by atoms with Crippen LogP contribution in [0, 0.1) is 0 Å². The molecular formula is C11H19NO2Sn. The molecule has 3 nitrogen and oxygen atoms in total. The Morgan fingerprint density at radius 3 is 2.00 bits per heavy atom. The van der Waals surface area contributed by atoms with Crippen LogP contribution in [0.5, 0.6) is 11.5 Å². The minimum absolute atomic E-state index is 0.847. The second-order valence-electron chi connectivity index (χ2n) is 3.45. The van der Waals surface area contributed by atoms with Gasteiger partial charge in [-0.25, -0.2) is 0 Å². The van der Waals surface area contributed by atoms with Crippen LogP contribution in [-0.2, 0) is 0 Å². The predicted molar refractivity (Wildman–Crippen MR) is 65.9 cm³/mol. The number of nitrogens with zero attached hydrogens (tertiary/aromatic N) is 1. The molecule has 0 atom stereocenters. The van der Waals surface area contributed by atoms with E-state index in [1.165, 1.54) is 3.58 Å². The van der Waals surface area contributed by atoms with Gasteiger partial charge in [0.1, 0.15) is 0 Å². The van der Waals surface area contributed by atoms with Gasteiger partial charge in [-0.3, -0.25) is 0 Å². The van der Waals surface area contributed by atoms with Crippen molar-refractivity contribution in [1.29, 1.82) is 0 Å². The number of methoxy groups -OCH3 is 2. The van der Waals surface area contributed by atoms with Gasteiger partial charge in [-0.1, -0.05) is 0 Å². The monoisotopic (exact) mass is 317 g/mol. The van der Waals surface area contributed by atoms with Crippen molar-refractivity contribution in [3.8, 4) is 11.5 Å². The van der Waals surface area contributed by atoms with E-state index in [0.717, 1.165) is 34.0 Å². The normalized spacial score (nSPS) is 9.27. The summed E-state index contributed by atoms with van der Waals surface area (Å²) in [5.74, 6) is 1.77. The molecule has 0 N–H and O–H groups in total. The number of rotatable bonds is 2. The molecule has 0 spiro atoms. The first-order chi connectivity index (χ1) is 7.01. The first kappa shape index (κ1) is 14.6. The summed E-state index contributed by atoms with van der Waals surface area (Å²) in [4.78, 5) is 2.00. The molecule has 0 saturated heterocycles. The molecule has 15 heavy (non-hydrogen) atoms. The summed E-state index contributed by atoms with van der Waals surface area (Å²) >= 11 is 1.07. The number of ether oxygens (including phenoxy) is 2. The molecule has 0 bridgehead atoms. The van der Waals surface area contributed by atoms with Crippen LogP contribution in [0.25, 0.3) is 0 Å². The van der Waals surface area contributed by atoms with Gasteiger partial charge in [0, 0.05) is 0 Å². The summed E-state index contributed by atoms with van der Waals surface area (Å²) in [5, 5.41) is 0. The van der Waals surface area contributed by atoms with Crippen molar-refractivity contribution in [3.63, 3.8) is 0 Å². The van der Waals surface area contributed by atoms with Crippen LogP contribution in [0.3, 0.4) is 0 Å². The molecule has 0 saturated carbocycles. The molecule has 2 radical (unpaired) electrons. The summed E-state index contributed by atoms with van der Waals surface area (Å²) < 4.78 is 11.4. The quantitative estimate of drug-likeness (QED) is 0.738. The fourth-order valence-electron chi connectivity index (χ4n) is 0.818. The van der Waals surface area contributed by atoms with E-state index >= 15 is 0 Å². The topological polar surface area (TPSA) is 21.7 Å². The third kappa shape index (κ3) is 6.62. The first-order valence-electron chi connectivity index (χ1n) is 4.59. The zero-order chi connectivity index (χ0) is 11.8. The van der Waals surface area contributed by atoms with Crippen molar-refractivity contribution in [2.45, 2.75) is 0 Å². The molecule has 1 aromatic rings. The van der Waals surface area contributed by atoms with Gasteiger partial charge < -0.3 is 4.90 Å². The maximum absolute atomic E-state index is 5.14. The van der Waals surface area contributed by atoms with Crippen molar-refractivity contribution in [2.24, 2.45) is 0 Å². The van der Waals surface area contributed by atoms with Crippen molar-refractivity contribution >= 4 is 26.1 Å². The summed E-state index contributed by atoms with van der Waals surface area (Å²) in [6.07, 6.45) is 0. The Labute approximate surface area is 105 Å². The van der Waals surface area contributed by atoms with Gasteiger partial charge in [-0.2, -0.15) is 0 Å². The van der Waals surface area contributed by atoms with Crippen molar-refractivity contribution < 1.29 is 9.47 Å². The van der Waals surface area contributed by atoms with Crippen molar-refractivity contribution in [1.82, 2.24) is 4.90 Å². The fraction of sp³-hybridized carbons (Fsp3) is 0.455. The van der Waals surface area contributed by atoms with E-state index < -0.39 is 0 Å². The van der Waals surface area contributed by atoms with Crippen LogP contribution >= 0.6 is 0 Å². The van der Waals surface area contributed by atoms with Crippen LogP contribution in [0.15, 0.2) is 18.2 Å². The van der Waals surface area contributed by atoms with Crippen LogP contribution in [-0.4, -0.2) is 62.8 Å². The Kier molecular flexibility index (Phi) is 7.60. The average molecular weight is 316 g/mol. The molecule has 4 heteroatoms. The van der Waals surface area contributed by atoms with Gasteiger partial charge in [0.25, 0.3) is 0 Å². The van der Waals surface area contributed by atoms with Gasteiger partial charge in [0.2, 0.25) is 0 Å². The second kappa shape index (κ2) is 7.82. The fourth-order valence-corrected chi connectivity index (χ4v) is 1.67. The van der Waals surface area contributed by atoms with Crippen LogP contribution in [0.1, 0.15) is 0 Å². The number of hydrogen-bond acceptors (Lipinski definition) is 3. The van der Waals surface area contributed by atoms with E-state index in [9.17, 15) is 0 Å². The summed E-state index contributed by atoms with van der Waals surface area (Å²) in [5.41, 5.74) is 0. The summed E-state index contributed by atoms with van der Waals surface area (Å²) in [6, 6.07) is 5.88. The molecule has 0 aliphatic heterocycles. The van der Waals surface area contributed by atoms with E-state index in [1.807, 2.05) is 44.2 Å². The van der Waals surface area contributed by atoms with Gasteiger partial charge in [0.15, 0.2) is 0 Å². The molecule has 0 aliphatic carbocycles. The summed E-state index contributed by atoms with van der Waals surface area (Å²) in [7, 11) is 9.33. The molecule has 0 fully saturated rings. The standard InChI is InChI=1S/C8H9O2.C3H9N.Sn.H/c1-9-7-4-3-5-8(6-7)10-2;1-4(2)3;;/h3-4,6H,1-2H3;1-3H3;;. The molecule has 0 aromatic heterocycles. The van der Waals surface area contributed by atoms with Gasteiger partial charge in [-0.05, 0) is 21.1 Å². The Balaban J connectivity index is 0.000000423. The molecular weight excluding hydrogens is 297 g/mol. The van der Waals surface area contributed by atoms with Crippen molar-refractivity contribution in [3.05, 3.63) is 18.2 Å². The zero-order valence-corrected chi connectivity index (χ0v) is 13.4. The van der Waals surface area contributed by atoms with E-state index in [4.69, 9.17) is 9.47 Å². The molecule has 1 rings (SSSR count). The van der Waals surface area contributed by atoms with Gasteiger partial charge in [-0.15, -0.1) is 0 Å². The van der Waals surface area contributed by atoms with E-state index in [-0.39, 0.29) is 0 Å². The van der Waals surface area contributed by atoms with Crippen LogP contribution in [0.4, 0.5) is 0 Å². The van der Waals surface area contributed by atoms with Gasteiger partial charge >= 0.3 is 79.5 Å². The predicted octanol–water partition coefficient (Wildman–Crippen LogP) is 0.408. The van der Waals surface area contributed by atoms with Crippen LogP contribution in [0.2, 0.25) is 0 Å². The summed E-state index contributed by atoms with van der Waals surface area (Å²) in [6.45, 7) is 0. The third-order valence-electron chi connectivity index (χ3n) is 1.44. The molecule has 1 aromatic carbocycles. The van der Waals surface area contributed by atoms with Gasteiger partial charge in [0.05, 0.1) is 0 Å². The Morgan fingerprint density at radius 2 is 1.60 bits per heavy atom. The van der Waals surface area contributed by atoms with E-state index in [0.29, 0.717) is 0 Å². The van der Waals surface area contributed by atoms with E-state index in [2.05, 4.69) is 0 Å². The molecule has 0 amide bonds. The second-order valence-corrected chi connectivity index (χ2v) is 5.22. The molecule has 0 heterocycles. The minimum atomic E-state index is 0.847. The zero-order valence-electron chi connectivity index (χ0n) is 10.1. The SMILES string of the molecule is CN(C)C.COc1cc[c]([SnH])c(OC)c1. The Morgan fingerprint density at radius 1 is 1.07 bits per heavy atom. The van der Waals surface area contributed by atoms with E-state index in [1.54, 1.807) is 14.2 Å². The first-order valence-corrected chi connectivity index (χ1v) is 6.24. The number of benzene rings is 1. The molecule has 0 unspecified atom stereocenters. The van der Waals surface area contributed by atoms with Crippen LogP contribution < -0.4 is 13.1 Å². The third-order valence-corrected chi connectivity index (χ3v) is 2.80. The van der Waals surface area contributed by atoms with Crippen molar-refractivity contribution in [2.75, 3.05) is 35.4 Å². The maximum atomic E-state index is 5.14. The Hall–Kier alpha value is -0.421. The average Bonchev–Trinajstić information content (AvgIpc) is 2.18. The Bertz CT molecular complexity index is 287. The molecule has 84 valence electrons.